The Labute approximate surface area is 107 Å². The Morgan fingerprint density at radius 3 is 2.28 bits per heavy atom. The van der Waals surface area contributed by atoms with E-state index in [9.17, 15) is 0 Å². The lowest BCUT2D eigenvalue weighted by molar-refractivity contribution is 1.16. The van der Waals surface area contributed by atoms with E-state index in [0.29, 0.717) is 5.56 Å². The summed E-state index contributed by atoms with van der Waals surface area (Å²) in [6.07, 6.45) is 0. The molecule has 2 aromatic rings. The standard InChI is InChI=1S/C15H15N3/c1-10-5-3-4-6-13(10)14-9-12(15(16)18-17)8-7-11(14)2/h3-9,16-17H,1-2H3. The van der Waals surface area contributed by atoms with E-state index in [1.165, 1.54) is 5.56 Å². The molecule has 3 nitrogen and oxygen atoms in total. The van der Waals surface area contributed by atoms with Crippen LogP contribution in [0.1, 0.15) is 16.7 Å². The molecular weight excluding hydrogens is 222 g/mol. The quantitative estimate of drug-likeness (QED) is 0.444. The smallest absolute Gasteiger partial charge is 0.173 e. The molecule has 0 radical (unpaired) electrons. The molecule has 18 heavy (non-hydrogen) atoms. The summed E-state index contributed by atoms with van der Waals surface area (Å²) in [5.41, 5.74) is 12.2. The van der Waals surface area contributed by atoms with E-state index in [1.807, 2.05) is 37.3 Å². The van der Waals surface area contributed by atoms with Crippen LogP contribution >= 0.6 is 0 Å². The van der Waals surface area contributed by atoms with Gasteiger partial charge >= 0.3 is 0 Å². The van der Waals surface area contributed by atoms with Crippen LogP contribution in [0.25, 0.3) is 11.1 Å². The molecule has 0 bridgehead atoms. The highest BCUT2D eigenvalue weighted by Crippen LogP contribution is 2.27. The first-order valence-electron chi connectivity index (χ1n) is 5.76. The molecule has 0 saturated heterocycles. The Balaban J connectivity index is 2.60. The largest absolute Gasteiger partial charge is 0.281 e. The van der Waals surface area contributed by atoms with E-state index in [1.54, 1.807) is 0 Å². The normalized spacial score (nSPS) is 10.1. The number of hydrogen-bond donors (Lipinski definition) is 2. The zero-order valence-electron chi connectivity index (χ0n) is 10.5. The van der Waals surface area contributed by atoms with Crippen LogP contribution in [0.3, 0.4) is 0 Å². The maximum absolute atomic E-state index is 7.61. The molecule has 2 rings (SSSR count). The minimum absolute atomic E-state index is 0.00941. The van der Waals surface area contributed by atoms with E-state index in [4.69, 9.17) is 10.9 Å². The first-order chi connectivity index (χ1) is 8.63. The second-order valence-corrected chi connectivity index (χ2v) is 4.31. The fraction of sp³-hybridized carbons (Fsp3) is 0.133. The van der Waals surface area contributed by atoms with Crippen molar-refractivity contribution in [2.75, 3.05) is 0 Å². The van der Waals surface area contributed by atoms with Gasteiger partial charge in [0.05, 0.1) is 0 Å². The third-order valence-corrected chi connectivity index (χ3v) is 3.06. The molecule has 0 aliphatic heterocycles. The summed E-state index contributed by atoms with van der Waals surface area (Å²) >= 11 is 0. The Morgan fingerprint density at radius 2 is 1.61 bits per heavy atom. The Kier molecular flexibility index (Phi) is 3.33. The maximum Gasteiger partial charge on any atom is 0.173 e. The number of benzene rings is 2. The zero-order valence-corrected chi connectivity index (χ0v) is 10.5. The lowest BCUT2D eigenvalue weighted by Gasteiger charge is -2.10. The summed E-state index contributed by atoms with van der Waals surface area (Å²) in [4.78, 5) is 0. The molecule has 0 fully saturated rings. The van der Waals surface area contributed by atoms with Crippen molar-refractivity contribution in [3.05, 3.63) is 59.2 Å². The van der Waals surface area contributed by atoms with Gasteiger partial charge in [0.25, 0.3) is 0 Å². The number of hydrogen-bond acceptors (Lipinski definition) is 2. The van der Waals surface area contributed by atoms with Gasteiger partial charge in [-0.15, -0.1) is 5.11 Å². The number of nitrogens with one attached hydrogen (secondary N) is 2. The van der Waals surface area contributed by atoms with Crippen LogP contribution in [-0.2, 0) is 0 Å². The average molecular weight is 237 g/mol. The highest BCUT2D eigenvalue weighted by molar-refractivity contribution is 5.97. The molecule has 0 atom stereocenters. The van der Waals surface area contributed by atoms with Gasteiger partial charge in [0.1, 0.15) is 0 Å². The molecule has 0 aromatic heterocycles. The SMILES string of the molecule is Cc1ccccc1-c1cc(C(=N)N=N)ccc1C. The van der Waals surface area contributed by atoms with Crippen molar-refractivity contribution in [2.45, 2.75) is 13.8 Å². The Bertz CT molecular complexity index is 615. The van der Waals surface area contributed by atoms with Crippen LogP contribution in [0.5, 0.6) is 0 Å². The minimum atomic E-state index is -0.00941. The first kappa shape index (κ1) is 12.2. The van der Waals surface area contributed by atoms with E-state index in [-0.39, 0.29) is 5.84 Å². The molecule has 0 unspecified atom stereocenters. The molecular formula is C15H15N3. The molecule has 2 aromatic carbocycles. The van der Waals surface area contributed by atoms with Gasteiger partial charge in [0.15, 0.2) is 5.84 Å². The summed E-state index contributed by atoms with van der Waals surface area (Å²) < 4.78 is 0. The summed E-state index contributed by atoms with van der Waals surface area (Å²) in [6.45, 7) is 4.12. The molecule has 90 valence electrons. The Hall–Kier alpha value is -2.29. The predicted molar refractivity (Wildman–Crippen MR) is 73.3 cm³/mol. The summed E-state index contributed by atoms with van der Waals surface area (Å²) in [5.74, 6) is -0.00941. The van der Waals surface area contributed by atoms with E-state index in [2.05, 4.69) is 24.2 Å². The molecule has 0 spiro atoms. The fourth-order valence-corrected chi connectivity index (χ4v) is 2.00. The highest BCUT2D eigenvalue weighted by atomic mass is 15.0. The van der Waals surface area contributed by atoms with Crippen LogP contribution in [-0.4, -0.2) is 5.84 Å². The van der Waals surface area contributed by atoms with Crippen LogP contribution in [0, 0.1) is 24.8 Å². The first-order valence-corrected chi connectivity index (χ1v) is 5.76. The van der Waals surface area contributed by atoms with Crippen LogP contribution in [0.4, 0.5) is 0 Å². The fourth-order valence-electron chi connectivity index (χ4n) is 2.00. The van der Waals surface area contributed by atoms with Crippen molar-refractivity contribution in [2.24, 2.45) is 5.11 Å². The van der Waals surface area contributed by atoms with Crippen molar-refractivity contribution < 1.29 is 0 Å². The maximum atomic E-state index is 7.61. The third kappa shape index (κ3) is 2.20. The molecule has 3 heteroatoms. The predicted octanol–water partition coefficient (Wildman–Crippen LogP) is 4.33. The Morgan fingerprint density at radius 1 is 0.944 bits per heavy atom. The summed E-state index contributed by atoms with van der Waals surface area (Å²) in [6, 6.07) is 13.9. The molecule has 0 saturated carbocycles. The van der Waals surface area contributed by atoms with Gasteiger partial charge in [-0.2, -0.15) is 0 Å². The van der Waals surface area contributed by atoms with Gasteiger partial charge in [0.2, 0.25) is 0 Å². The van der Waals surface area contributed by atoms with E-state index >= 15 is 0 Å². The van der Waals surface area contributed by atoms with Gasteiger partial charge in [-0.1, -0.05) is 36.4 Å². The van der Waals surface area contributed by atoms with Gasteiger partial charge in [0, 0.05) is 5.56 Å². The van der Waals surface area contributed by atoms with Crippen molar-refractivity contribution in [1.82, 2.24) is 0 Å². The van der Waals surface area contributed by atoms with Crippen LogP contribution in [0.15, 0.2) is 47.6 Å². The molecule has 0 aliphatic carbocycles. The number of nitrogens with zero attached hydrogens (tertiary/aromatic N) is 1. The van der Waals surface area contributed by atoms with E-state index < -0.39 is 0 Å². The number of aryl methyl sites for hydroxylation is 2. The van der Waals surface area contributed by atoms with Crippen molar-refractivity contribution in [3.8, 4) is 11.1 Å². The lowest BCUT2D eigenvalue weighted by Crippen LogP contribution is -1.96. The van der Waals surface area contributed by atoms with Gasteiger partial charge < -0.3 is 0 Å². The van der Waals surface area contributed by atoms with Gasteiger partial charge in [-0.25, -0.2) is 5.53 Å². The molecule has 2 N–H and O–H groups in total. The third-order valence-electron chi connectivity index (χ3n) is 3.06. The van der Waals surface area contributed by atoms with Crippen molar-refractivity contribution in [1.29, 1.82) is 10.9 Å². The van der Waals surface area contributed by atoms with Gasteiger partial charge in [-0.05, 0) is 42.2 Å². The number of rotatable bonds is 2. The van der Waals surface area contributed by atoms with Crippen molar-refractivity contribution in [3.63, 3.8) is 0 Å². The molecule has 0 heterocycles. The highest BCUT2D eigenvalue weighted by Gasteiger charge is 2.07. The van der Waals surface area contributed by atoms with Gasteiger partial charge in [-0.3, -0.25) is 5.41 Å². The van der Waals surface area contributed by atoms with E-state index in [0.717, 1.165) is 16.7 Å². The second kappa shape index (κ2) is 4.92. The lowest BCUT2D eigenvalue weighted by atomic mass is 9.95. The average Bonchev–Trinajstić information content (AvgIpc) is 2.39. The number of amidine groups is 1. The van der Waals surface area contributed by atoms with Crippen LogP contribution in [0.2, 0.25) is 0 Å². The molecule has 0 amide bonds. The summed E-state index contributed by atoms with van der Waals surface area (Å²) in [5, 5.41) is 10.8. The second-order valence-electron chi connectivity index (χ2n) is 4.31. The van der Waals surface area contributed by atoms with Crippen LogP contribution < -0.4 is 0 Å². The van der Waals surface area contributed by atoms with Crippen molar-refractivity contribution >= 4 is 5.84 Å². The minimum Gasteiger partial charge on any atom is -0.281 e. The topological polar surface area (TPSA) is 60.1 Å². The summed E-state index contributed by atoms with van der Waals surface area (Å²) in [7, 11) is 0. The molecule has 0 aliphatic rings. The monoisotopic (exact) mass is 237 g/mol. The zero-order chi connectivity index (χ0) is 13.1.